The third-order valence-electron chi connectivity index (χ3n) is 2.24. The second kappa shape index (κ2) is 5.11. The van der Waals surface area contributed by atoms with Gasteiger partial charge in [-0.25, -0.2) is 0 Å². The topological polar surface area (TPSA) is 22.1 Å². The minimum atomic E-state index is 0.559. The first-order valence-corrected chi connectivity index (χ1v) is 5.33. The first-order valence-electron chi connectivity index (χ1n) is 5.33. The molecule has 0 atom stereocenters. The summed E-state index contributed by atoms with van der Waals surface area (Å²) in [6.07, 6.45) is 1.96. The molecule has 0 N–H and O–H groups in total. The van der Waals surface area contributed by atoms with E-state index in [0.717, 1.165) is 12.3 Å². The highest BCUT2D eigenvalue weighted by Gasteiger charge is 2.13. The third kappa shape index (κ3) is 2.32. The summed E-state index contributed by atoms with van der Waals surface area (Å²) in [5, 5.41) is 0. The molecule has 0 saturated carbocycles. The Morgan fingerprint density at radius 2 is 2.00 bits per heavy atom. The van der Waals surface area contributed by atoms with Crippen LogP contribution in [0.2, 0.25) is 0 Å². The van der Waals surface area contributed by atoms with Crippen LogP contribution >= 0.6 is 0 Å². The zero-order chi connectivity index (χ0) is 10.6. The number of hydrogen-bond acceptors (Lipinski definition) is 2. The molecule has 2 nitrogen and oxygen atoms in total. The monoisotopic (exact) mass is 193 g/mol. The number of fused-ring (bicyclic) bond motifs is 1. The van der Waals surface area contributed by atoms with Crippen molar-refractivity contribution in [3.05, 3.63) is 29.1 Å². The molecule has 0 fully saturated rings. The molecule has 0 spiro atoms. The summed E-state index contributed by atoms with van der Waals surface area (Å²) >= 11 is 0. The summed E-state index contributed by atoms with van der Waals surface area (Å²) in [5.41, 5.74) is 3.68. The molecule has 0 radical (unpaired) electrons. The zero-order valence-corrected chi connectivity index (χ0v) is 9.50. The molecule has 0 saturated heterocycles. The maximum Gasteiger partial charge on any atom is 0.0896 e. The van der Waals surface area contributed by atoms with Crippen molar-refractivity contribution in [1.82, 2.24) is 4.98 Å². The molecule has 2 rings (SSSR count). The van der Waals surface area contributed by atoms with E-state index in [1.807, 2.05) is 20.0 Å². The second-order valence-corrected chi connectivity index (χ2v) is 3.52. The van der Waals surface area contributed by atoms with E-state index in [1.54, 1.807) is 0 Å². The van der Waals surface area contributed by atoms with E-state index in [9.17, 15) is 0 Å². The van der Waals surface area contributed by atoms with Crippen LogP contribution in [-0.2, 0) is 18.0 Å². The van der Waals surface area contributed by atoms with Crippen LogP contribution in [0.15, 0.2) is 12.3 Å². The van der Waals surface area contributed by atoms with E-state index < -0.39 is 0 Å². The summed E-state index contributed by atoms with van der Waals surface area (Å²) in [6, 6.07) is 2.21. The van der Waals surface area contributed by atoms with Crippen LogP contribution in [0.3, 0.4) is 0 Å². The van der Waals surface area contributed by atoms with Gasteiger partial charge in [-0.15, -0.1) is 0 Å². The summed E-state index contributed by atoms with van der Waals surface area (Å²) in [6.45, 7) is 9.79. The lowest BCUT2D eigenvalue weighted by molar-refractivity contribution is 0.133. The number of rotatable bonds is 1. The van der Waals surface area contributed by atoms with Crippen molar-refractivity contribution in [3.8, 4) is 0 Å². The number of nitrogens with zero attached hydrogens (tertiary/aromatic N) is 1. The lowest BCUT2D eigenvalue weighted by Gasteiger charge is -2.05. The Labute approximate surface area is 86.3 Å². The largest absolute Gasteiger partial charge is 0.370 e. The Bertz CT molecular complexity index is 294. The Balaban J connectivity index is 0.000000461. The van der Waals surface area contributed by atoms with Gasteiger partial charge in [0, 0.05) is 11.8 Å². The highest BCUT2D eigenvalue weighted by Crippen LogP contribution is 2.21. The van der Waals surface area contributed by atoms with Crippen LogP contribution in [0.1, 0.15) is 50.4 Å². The van der Waals surface area contributed by atoms with Crippen molar-refractivity contribution in [3.63, 3.8) is 0 Å². The zero-order valence-electron chi connectivity index (χ0n) is 9.50. The molecular formula is C12H19NO. The van der Waals surface area contributed by atoms with E-state index >= 15 is 0 Å². The number of pyridine rings is 1. The molecule has 0 bridgehead atoms. The van der Waals surface area contributed by atoms with Gasteiger partial charge in [0.05, 0.1) is 18.9 Å². The smallest absolute Gasteiger partial charge is 0.0896 e. The maximum absolute atomic E-state index is 5.29. The Morgan fingerprint density at radius 1 is 1.29 bits per heavy atom. The second-order valence-electron chi connectivity index (χ2n) is 3.52. The molecule has 1 aromatic heterocycles. The molecule has 0 aliphatic carbocycles. The number of aromatic nitrogens is 1. The van der Waals surface area contributed by atoms with Gasteiger partial charge in [0.2, 0.25) is 0 Å². The molecule has 14 heavy (non-hydrogen) atoms. The van der Waals surface area contributed by atoms with Crippen LogP contribution < -0.4 is 0 Å². The number of hydrogen-bond donors (Lipinski definition) is 0. The molecule has 1 aliphatic heterocycles. The molecule has 0 aromatic carbocycles. The summed E-state index contributed by atoms with van der Waals surface area (Å²) < 4.78 is 5.29. The highest BCUT2D eigenvalue weighted by atomic mass is 16.5. The SMILES string of the molecule is CC.CC(C)c1cnc2c(c1)COC2. The molecule has 1 aromatic rings. The van der Waals surface area contributed by atoms with Gasteiger partial charge >= 0.3 is 0 Å². The fraction of sp³-hybridized carbons (Fsp3) is 0.583. The van der Waals surface area contributed by atoms with Gasteiger partial charge in [0.15, 0.2) is 0 Å². The molecular weight excluding hydrogens is 174 g/mol. The van der Waals surface area contributed by atoms with Crippen molar-refractivity contribution in [2.24, 2.45) is 0 Å². The quantitative estimate of drug-likeness (QED) is 0.683. The van der Waals surface area contributed by atoms with Gasteiger partial charge in [-0.3, -0.25) is 4.98 Å². The van der Waals surface area contributed by atoms with E-state index in [-0.39, 0.29) is 0 Å². The molecule has 0 unspecified atom stereocenters. The minimum absolute atomic E-state index is 0.559. The van der Waals surface area contributed by atoms with Crippen LogP contribution in [-0.4, -0.2) is 4.98 Å². The van der Waals surface area contributed by atoms with E-state index in [1.165, 1.54) is 11.1 Å². The van der Waals surface area contributed by atoms with Gasteiger partial charge < -0.3 is 4.74 Å². The minimum Gasteiger partial charge on any atom is -0.370 e. The van der Waals surface area contributed by atoms with Crippen molar-refractivity contribution in [1.29, 1.82) is 0 Å². The first-order chi connectivity index (χ1) is 6.77. The van der Waals surface area contributed by atoms with Crippen molar-refractivity contribution in [2.45, 2.75) is 46.8 Å². The number of ether oxygens (including phenoxy) is 1. The Kier molecular flexibility index (Phi) is 4.08. The Hall–Kier alpha value is -0.890. The Morgan fingerprint density at radius 3 is 2.64 bits per heavy atom. The fourth-order valence-corrected chi connectivity index (χ4v) is 1.39. The van der Waals surface area contributed by atoms with Crippen molar-refractivity contribution >= 4 is 0 Å². The average Bonchev–Trinajstić information content (AvgIpc) is 2.67. The van der Waals surface area contributed by atoms with Crippen molar-refractivity contribution in [2.75, 3.05) is 0 Å². The van der Waals surface area contributed by atoms with E-state index in [2.05, 4.69) is 24.9 Å². The van der Waals surface area contributed by atoms with Crippen molar-refractivity contribution < 1.29 is 4.74 Å². The first kappa shape index (κ1) is 11.2. The van der Waals surface area contributed by atoms with Crippen LogP contribution in [0.5, 0.6) is 0 Å². The van der Waals surface area contributed by atoms with Crippen LogP contribution in [0.4, 0.5) is 0 Å². The summed E-state index contributed by atoms with van der Waals surface area (Å²) in [7, 11) is 0. The lowest BCUT2D eigenvalue weighted by Crippen LogP contribution is -1.93. The lowest BCUT2D eigenvalue weighted by atomic mass is 10.0. The summed E-state index contributed by atoms with van der Waals surface area (Å²) in [4.78, 5) is 4.36. The van der Waals surface area contributed by atoms with Gasteiger partial charge in [-0.1, -0.05) is 27.7 Å². The molecule has 0 amide bonds. The molecule has 78 valence electrons. The summed E-state index contributed by atoms with van der Waals surface area (Å²) in [5.74, 6) is 0.559. The predicted octanol–water partition coefficient (Wildman–Crippen LogP) is 3.26. The third-order valence-corrected chi connectivity index (χ3v) is 2.24. The maximum atomic E-state index is 5.29. The average molecular weight is 193 g/mol. The highest BCUT2D eigenvalue weighted by molar-refractivity contribution is 5.27. The molecule has 2 heteroatoms. The van der Waals surface area contributed by atoms with E-state index in [4.69, 9.17) is 4.74 Å². The van der Waals surface area contributed by atoms with E-state index in [0.29, 0.717) is 12.5 Å². The van der Waals surface area contributed by atoms with Gasteiger partial charge in [-0.05, 0) is 17.5 Å². The van der Waals surface area contributed by atoms with Gasteiger partial charge in [0.25, 0.3) is 0 Å². The van der Waals surface area contributed by atoms with Crippen LogP contribution in [0, 0.1) is 0 Å². The molecule has 1 aliphatic rings. The predicted molar refractivity (Wildman–Crippen MR) is 58.2 cm³/mol. The molecule has 2 heterocycles. The van der Waals surface area contributed by atoms with Crippen LogP contribution in [0.25, 0.3) is 0 Å². The van der Waals surface area contributed by atoms with Gasteiger partial charge in [-0.2, -0.15) is 0 Å². The normalized spacial score (nSPS) is 13.5. The standard InChI is InChI=1S/C10H13NO.C2H6/c1-7(2)8-3-9-5-12-6-10(9)11-4-8;1-2/h3-4,7H,5-6H2,1-2H3;1-2H3. The fourth-order valence-electron chi connectivity index (χ4n) is 1.39. The van der Waals surface area contributed by atoms with Gasteiger partial charge in [0.1, 0.15) is 0 Å².